The van der Waals surface area contributed by atoms with Gasteiger partial charge in [0.15, 0.2) is 0 Å². The van der Waals surface area contributed by atoms with E-state index < -0.39 is 7.75 Å². The van der Waals surface area contributed by atoms with Crippen LogP contribution in [-0.2, 0) is 13.6 Å². The maximum atomic E-state index is 11.4. The van der Waals surface area contributed by atoms with Crippen molar-refractivity contribution in [2.24, 2.45) is 4.76 Å². The number of hydrogen-bond donors (Lipinski definition) is 0. The van der Waals surface area contributed by atoms with Crippen molar-refractivity contribution in [2.75, 3.05) is 32.2 Å². The van der Waals surface area contributed by atoms with E-state index >= 15 is 0 Å². The van der Waals surface area contributed by atoms with Gasteiger partial charge in [0, 0.05) is 32.2 Å². The lowest BCUT2D eigenvalue weighted by Crippen LogP contribution is -2.18. The monoisotopic (exact) mass is 320 g/mol. The minimum Gasteiger partial charge on any atom is -0.365 e. The van der Waals surface area contributed by atoms with Gasteiger partial charge in [-0.3, -0.25) is 9.05 Å². The number of nitrogens with zero attached hydrogens (tertiary/aromatic N) is 2. The highest BCUT2D eigenvalue weighted by atomic mass is 127. The summed E-state index contributed by atoms with van der Waals surface area (Å²) >= 11 is 2.25. The molecule has 0 heterocycles. The molecule has 0 saturated heterocycles. The van der Waals surface area contributed by atoms with Gasteiger partial charge in [-0.25, -0.2) is 4.57 Å². The molecule has 0 aromatic heterocycles. The molecule has 0 spiro atoms. The predicted molar refractivity (Wildman–Crippen MR) is 61.6 cm³/mol. The van der Waals surface area contributed by atoms with Crippen molar-refractivity contribution in [1.82, 2.24) is 4.90 Å². The van der Waals surface area contributed by atoms with E-state index in [2.05, 4.69) is 36.4 Å². The molecule has 0 radical (unpaired) electrons. The molecule has 0 amide bonds. The minimum absolute atomic E-state index is 0.845. The second-order valence-electron chi connectivity index (χ2n) is 2.23. The summed E-state index contributed by atoms with van der Waals surface area (Å²) in [6, 6.07) is 0. The molecule has 0 aliphatic carbocycles. The van der Waals surface area contributed by atoms with E-state index in [0.29, 0.717) is 0 Å². The zero-order valence-corrected chi connectivity index (χ0v) is 11.0. The smallest absolute Gasteiger partial charge is 0.365 e. The third-order valence-electron chi connectivity index (χ3n) is 1.29. The first-order chi connectivity index (χ1) is 6.08. The topological polar surface area (TPSA) is 51.1 Å². The highest BCUT2D eigenvalue weighted by molar-refractivity contribution is 14.1. The molecule has 0 fully saturated rings. The molecular weight excluding hydrogens is 306 g/mol. The van der Waals surface area contributed by atoms with Crippen molar-refractivity contribution in [3.05, 3.63) is 0 Å². The van der Waals surface area contributed by atoms with E-state index in [4.69, 9.17) is 0 Å². The van der Waals surface area contributed by atoms with E-state index in [9.17, 15) is 4.57 Å². The van der Waals surface area contributed by atoms with Crippen LogP contribution >= 0.6 is 30.3 Å². The second kappa shape index (κ2) is 6.75. The van der Waals surface area contributed by atoms with Crippen LogP contribution in [0.4, 0.5) is 0 Å². The van der Waals surface area contributed by atoms with Crippen LogP contribution in [0.3, 0.4) is 0 Å². The summed E-state index contributed by atoms with van der Waals surface area (Å²) in [5.41, 5.74) is 0. The van der Waals surface area contributed by atoms with Crippen molar-refractivity contribution in [3.8, 4) is 0 Å². The van der Waals surface area contributed by atoms with Gasteiger partial charge in [-0.1, -0.05) is 22.6 Å². The fraction of sp³-hybridized carbons (Fsp3) is 0.833. The maximum absolute atomic E-state index is 11.4. The highest BCUT2D eigenvalue weighted by Crippen LogP contribution is 2.47. The number of alkyl halides is 1. The van der Waals surface area contributed by atoms with Crippen LogP contribution in [0.2, 0.25) is 0 Å². The van der Waals surface area contributed by atoms with Gasteiger partial charge in [0.2, 0.25) is 0 Å². The fourth-order valence-corrected chi connectivity index (χ4v) is 1.91. The molecule has 0 aliphatic rings. The Kier molecular flexibility index (Phi) is 6.93. The summed E-state index contributed by atoms with van der Waals surface area (Å²) in [6.07, 6.45) is 1.46. The van der Waals surface area contributed by atoms with Crippen molar-refractivity contribution < 1.29 is 13.6 Å². The van der Waals surface area contributed by atoms with Crippen LogP contribution in [0.25, 0.3) is 0 Å². The van der Waals surface area contributed by atoms with Gasteiger partial charge >= 0.3 is 7.75 Å². The van der Waals surface area contributed by atoms with E-state index in [1.54, 1.807) is 0 Å². The molecule has 0 aromatic rings. The van der Waals surface area contributed by atoms with Gasteiger partial charge in [0.05, 0.1) is 6.34 Å². The summed E-state index contributed by atoms with van der Waals surface area (Å²) in [7, 11) is 1.22. The van der Waals surface area contributed by atoms with Crippen molar-refractivity contribution in [3.63, 3.8) is 0 Å². The largest absolute Gasteiger partial charge is 0.454 e. The molecule has 0 bridgehead atoms. The number of rotatable bonds is 6. The van der Waals surface area contributed by atoms with E-state index in [-0.39, 0.29) is 0 Å². The van der Waals surface area contributed by atoms with E-state index in [1.807, 2.05) is 11.9 Å². The summed E-state index contributed by atoms with van der Waals surface area (Å²) in [6.45, 7) is 0.845. The maximum Gasteiger partial charge on any atom is 0.454 e. The fourth-order valence-electron chi connectivity index (χ4n) is 0.511. The van der Waals surface area contributed by atoms with Crippen LogP contribution < -0.4 is 0 Å². The first kappa shape index (κ1) is 13.4. The summed E-state index contributed by atoms with van der Waals surface area (Å²) in [4.78, 5) is 1.82. The first-order valence-electron chi connectivity index (χ1n) is 3.61. The minimum atomic E-state index is -3.23. The van der Waals surface area contributed by atoms with Crippen LogP contribution in [0.5, 0.6) is 0 Å². The van der Waals surface area contributed by atoms with Gasteiger partial charge in [-0.05, 0) is 0 Å². The van der Waals surface area contributed by atoms with Crippen LogP contribution in [0.1, 0.15) is 0 Å². The summed E-state index contributed by atoms with van der Waals surface area (Å²) in [5.74, 6) is 0. The van der Waals surface area contributed by atoms with Gasteiger partial charge in [-0.2, -0.15) is 4.76 Å². The molecule has 5 nitrogen and oxygen atoms in total. The summed E-state index contributed by atoms with van der Waals surface area (Å²) in [5, 5.41) is 0. The zero-order chi connectivity index (χ0) is 10.3. The third-order valence-corrected chi connectivity index (χ3v) is 3.08. The molecule has 0 saturated carbocycles. The Morgan fingerprint density at radius 2 is 2.08 bits per heavy atom. The van der Waals surface area contributed by atoms with Crippen LogP contribution in [0, 0.1) is 0 Å². The molecule has 13 heavy (non-hydrogen) atoms. The Labute approximate surface area is 92.2 Å². The predicted octanol–water partition coefficient (Wildman–Crippen LogP) is 1.78. The van der Waals surface area contributed by atoms with E-state index in [1.165, 1.54) is 20.6 Å². The van der Waals surface area contributed by atoms with Crippen molar-refractivity contribution in [2.45, 2.75) is 0 Å². The lowest BCUT2D eigenvalue weighted by Gasteiger charge is -2.12. The first-order valence-corrected chi connectivity index (χ1v) is 6.63. The van der Waals surface area contributed by atoms with Crippen molar-refractivity contribution in [1.29, 1.82) is 0 Å². The molecular formula is C6H14IN2O3P. The third kappa shape index (κ3) is 5.61. The Balaban J connectivity index is 4.15. The standard InChI is InChI=1S/C6H14IN2O3P/c1-9(5-4-7)6-8-13(10,11-2)12-3/h6H,4-5H2,1-3H3. The Bertz CT molecular complexity index is 204. The quantitative estimate of drug-likeness (QED) is 0.246. The Hall–Kier alpha value is 0.350. The van der Waals surface area contributed by atoms with Crippen LogP contribution in [-0.4, -0.2) is 43.5 Å². The van der Waals surface area contributed by atoms with E-state index in [0.717, 1.165) is 11.0 Å². The highest BCUT2D eigenvalue weighted by Gasteiger charge is 2.18. The van der Waals surface area contributed by atoms with Gasteiger partial charge < -0.3 is 4.90 Å². The molecule has 0 atom stereocenters. The zero-order valence-electron chi connectivity index (χ0n) is 7.94. The SMILES string of the molecule is COP(=O)(N=CN(C)CCI)OC. The van der Waals surface area contributed by atoms with Gasteiger partial charge in [-0.15, -0.1) is 0 Å². The second-order valence-corrected chi connectivity index (χ2v) is 5.21. The lowest BCUT2D eigenvalue weighted by molar-refractivity contribution is 0.277. The number of halogens is 1. The van der Waals surface area contributed by atoms with Crippen LogP contribution in [0.15, 0.2) is 4.76 Å². The average Bonchev–Trinajstić information content (AvgIpc) is 2.15. The average molecular weight is 320 g/mol. The molecule has 0 rings (SSSR count). The molecule has 0 aliphatic heterocycles. The lowest BCUT2D eigenvalue weighted by atomic mass is 10.7. The molecule has 0 unspecified atom stereocenters. The Morgan fingerprint density at radius 1 is 1.54 bits per heavy atom. The molecule has 0 N–H and O–H groups in total. The normalized spacial score (nSPS) is 12.3. The van der Waals surface area contributed by atoms with Gasteiger partial charge in [0.25, 0.3) is 0 Å². The number of hydrogen-bond acceptors (Lipinski definition) is 3. The van der Waals surface area contributed by atoms with Gasteiger partial charge in [0.1, 0.15) is 0 Å². The van der Waals surface area contributed by atoms with Crippen molar-refractivity contribution >= 4 is 36.7 Å². The Morgan fingerprint density at radius 3 is 2.46 bits per heavy atom. The molecule has 7 heteroatoms. The molecule has 78 valence electrons. The summed E-state index contributed by atoms with van der Waals surface area (Å²) < 4.78 is 25.3. The molecule has 0 aromatic carbocycles.